The number of esters is 1. The lowest BCUT2D eigenvalue weighted by atomic mass is 9.93. The maximum atomic E-state index is 11.4. The maximum Gasteiger partial charge on any atom is 0.337 e. The van der Waals surface area contributed by atoms with Crippen molar-refractivity contribution in [3.63, 3.8) is 0 Å². The first kappa shape index (κ1) is 17.4. The lowest BCUT2D eigenvalue weighted by Gasteiger charge is -2.11. The molecule has 0 spiro atoms. The van der Waals surface area contributed by atoms with Crippen LogP contribution in [0.5, 0.6) is 0 Å². The number of aldehydes is 1. The molecule has 0 amide bonds. The fourth-order valence-corrected chi connectivity index (χ4v) is 2.51. The van der Waals surface area contributed by atoms with Crippen LogP contribution < -0.4 is 0 Å². The predicted octanol–water partition coefficient (Wildman–Crippen LogP) is 3.34. The highest BCUT2D eigenvalue weighted by Gasteiger charge is 2.10. The molecule has 4 heteroatoms. The van der Waals surface area contributed by atoms with Crippen molar-refractivity contribution in [1.82, 2.24) is 0 Å². The highest BCUT2D eigenvalue weighted by atomic mass is 16.5. The molecule has 0 aliphatic carbocycles. The van der Waals surface area contributed by atoms with E-state index in [-0.39, 0.29) is 11.9 Å². The third kappa shape index (κ3) is 4.79. The molecule has 0 saturated carbocycles. The van der Waals surface area contributed by atoms with E-state index in [9.17, 15) is 9.59 Å². The normalized spacial score (nSPS) is 11.3. The van der Waals surface area contributed by atoms with Gasteiger partial charge in [-0.25, -0.2) is 4.79 Å². The number of methoxy groups -OCH3 is 1. The van der Waals surface area contributed by atoms with Crippen molar-refractivity contribution >= 4 is 12.3 Å². The molecule has 0 fully saturated rings. The van der Waals surface area contributed by atoms with Crippen LogP contribution in [0.2, 0.25) is 0 Å². The van der Waals surface area contributed by atoms with Crippen LogP contribution in [-0.4, -0.2) is 19.4 Å². The summed E-state index contributed by atoms with van der Waals surface area (Å²) in [6, 6.07) is 16.6. The van der Waals surface area contributed by atoms with Gasteiger partial charge in [0.1, 0.15) is 6.29 Å². The largest absolute Gasteiger partial charge is 0.465 e. The number of aryl methyl sites for hydroxylation is 1. The summed E-state index contributed by atoms with van der Waals surface area (Å²) in [5, 5.41) is 8.80. The first-order chi connectivity index (χ1) is 11.7. The van der Waals surface area contributed by atoms with Crippen LogP contribution in [0.15, 0.2) is 48.5 Å². The van der Waals surface area contributed by atoms with Gasteiger partial charge in [-0.15, -0.1) is 0 Å². The maximum absolute atomic E-state index is 11.4. The number of hydrogen-bond donors (Lipinski definition) is 0. The molecule has 2 rings (SSSR count). The van der Waals surface area contributed by atoms with Gasteiger partial charge in [0.25, 0.3) is 0 Å². The van der Waals surface area contributed by atoms with Gasteiger partial charge in [0.2, 0.25) is 0 Å². The van der Waals surface area contributed by atoms with E-state index in [0.29, 0.717) is 17.5 Å². The zero-order valence-corrected chi connectivity index (χ0v) is 13.6. The van der Waals surface area contributed by atoms with Gasteiger partial charge >= 0.3 is 5.97 Å². The molecule has 122 valence electrons. The molecule has 2 aromatic rings. The van der Waals surface area contributed by atoms with Crippen molar-refractivity contribution in [3.05, 3.63) is 70.8 Å². The second-order valence-electron chi connectivity index (χ2n) is 5.64. The summed E-state index contributed by atoms with van der Waals surface area (Å²) in [7, 11) is 1.36. The van der Waals surface area contributed by atoms with E-state index in [1.54, 1.807) is 24.3 Å². The Bertz CT molecular complexity index is 727. The SMILES string of the molecule is COC(=O)c1ccc(CCC(C=O)Cc2ccc(C#N)cc2)cc1. The number of benzene rings is 2. The van der Waals surface area contributed by atoms with Crippen molar-refractivity contribution in [2.45, 2.75) is 19.3 Å². The number of rotatable bonds is 7. The van der Waals surface area contributed by atoms with Crippen molar-refractivity contribution < 1.29 is 14.3 Å². The molecule has 0 radical (unpaired) electrons. The molecule has 0 heterocycles. The molecule has 1 unspecified atom stereocenters. The Morgan fingerprint density at radius 3 is 2.29 bits per heavy atom. The van der Waals surface area contributed by atoms with Crippen LogP contribution in [0.1, 0.15) is 33.5 Å². The van der Waals surface area contributed by atoms with Gasteiger partial charge in [0.05, 0.1) is 24.3 Å². The summed E-state index contributed by atoms with van der Waals surface area (Å²) in [6.07, 6.45) is 3.15. The number of carbonyl (C=O) groups excluding carboxylic acids is 2. The number of hydrogen-bond acceptors (Lipinski definition) is 4. The molecule has 24 heavy (non-hydrogen) atoms. The summed E-state index contributed by atoms with van der Waals surface area (Å²) in [4.78, 5) is 22.7. The van der Waals surface area contributed by atoms with Gasteiger partial charge in [-0.3, -0.25) is 0 Å². The van der Waals surface area contributed by atoms with E-state index in [4.69, 9.17) is 5.26 Å². The number of ether oxygens (including phenoxy) is 1. The lowest BCUT2D eigenvalue weighted by molar-refractivity contribution is -0.111. The van der Waals surface area contributed by atoms with E-state index in [2.05, 4.69) is 10.8 Å². The molecule has 0 saturated heterocycles. The lowest BCUT2D eigenvalue weighted by Crippen LogP contribution is -2.08. The number of carbonyl (C=O) groups is 2. The Morgan fingerprint density at radius 2 is 1.75 bits per heavy atom. The van der Waals surface area contributed by atoms with Gasteiger partial charge < -0.3 is 9.53 Å². The highest BCUT2D eigenvalue weighted by molar-refractivity contribution is 5.89. The Morgan fingerprint density at radius 1 is 1.12 bits per heavy atom. The second-order valence-corrected chi connectivity index (χ2v) is 5.64. The monoisotopic (exact) mass is 321 g/mol. The minimum atomic E-state index is -0.354. The van der Waals surface area contributed by atoms with Gasteiger partial charge in [0.15, 0.2) is 0 Å². The fourth-order valence-electron chi connectivity index (χ4n) is 2.51. The first-order valence-corrected chi connectivity index (χ1v) is 7.78. The molecule has 0 aliphatic rings. The quantitative estimate of drug-likeness (QED) is 0.579. The zero-order valence-electron chi connectivity index (χ0n) is 13.6. The summed E-state index contributed by atoms with van der Waals surface area (Å²) in [5.74, 6) is -0.425. The third-order valence-electron chi connectivity index (χ3n) is 3.95. The molecule has 4 nitrogen and oxygen atoms in total. The highest BCUT2D eigenvalue weighted by Crippen LogP contribution is 2.15. The van der Waals surface area contributed by atoms with Gasteiger partial charge in [-0.05, 0) is 54.7 Å². The number of nitriles is 1. The van der Waals surface area contributed by atoms with Crippen LogP contribution in [0, 0.1) is 17.2 Å². The molecule has 0 bridgehead atoms. The summed E-state index contributed by atoms with van der Waals surface area (Å²) >= 11 is 0. The van der Waals surface area contributed by atoms with E-state index in [1.165, 1.54) is 7.11 Å². The van der Waals surface area contributed by atoms with Crippen LogP contribution in [-0.2, 0) is 22.4 Å². The van der Waals surface area contributed by atoms with E-state index in [1.807, 2.05) is 24.3 Å². The fraction of sp³-hybridized carbons (Fsp3) is 0.250. The average molecular weight is 321 g/mol. The van der Waals surface area contributed by atoms with Crippen molar-refractivity contribution in [3.8, 4) is 6.07 Å². The minimum Gasteiger partial charge on any atom is -0.465 e. The predicted molar refractivity (Wildman–Crippen MR) is 90.5 cm³/mol. The zero-order chi connectivity index (χ0) is 17.4. The van der Waals surface area contributed by atoms with Gasteiger partial charge in [-0.1, -0.05) is 24.3 Å². The summed E-state index contributed by atoms with van der Waals surface area (Å²) < 4.78 is 4.67. The van der Waals surface area contributed by atoms with Crippen molar-refractivity contribution in [1.29, 1.82) is 5.26 Å². The molecule has 0 aromatic heterocycles. The standard InChI is InChI=1S/C20H19NO3/c1-24-20(23)19-10-8-15(9-11-19)2-7-18(14-22)12-16-3-5-17(13-21)6-4-16/h3-6,8-11,14,18H,2,7,12H2,1H3. The van der Waals surface area contributed by atoms with Crippen molar-refractivity contribution in [2.75, 3.05) is 7.11 Å². The molecule has 1 atom stereocenters. The van der Waals surface area contributed by atoms with Crippen LogP contribution in [0.25, 0.3) is 0 Å². The van der Waals surface area contributed by atoms with Crippen LogP contribution >= 0.6 is 0 Å². The summed E-state index contributed by atoms with van der Waals surface area (Å²) in [6.45, 7) is 0. The third-order valence-corrected chi connectivity index (χ3v) is 3.95. The van der Waals surface area contributed by atoms with Crippen molar-refractivity contribution in [2.24, 2.45) is 5.92 Å². The van der Waals surface area contributed by atoms with Crippen LogP contribution in [0.3, 0.4) is 0 Å². The smallest absolute Gasteiger partial charge is 0.337 e. The molecule has 2 aromatic carbocycles. The first-order valence-electron chi connectivity index (χ1n) is 7.78. The second kappa shape index (κ2) is 8.64. The molecular formula is C20H19NO3. The Kier molecular flexibility index (Phi) is 6.27. The van der Waals surface area contributed by atoms with Gasteiger partial charge in [-0.2, -0.15) is 5.26 Å². The topological polar surface area (TPSA) is 67.2 Å². The van der Waals surface area contributed by atoms with E-state index >= 15 is 0 Å². The van der Waals surface area contributed by atoms with E-state index in [0.717, 1.165) is 30.3 Å². The Balaban J connectivity index is 1.92. The van der Waals surface area contributed by atoms with Gasteiger partial charge in [0, 0.05) is 5.92 Å². The molecular weight excluding hydrogens is 302 g/mol. The molecule has 0 aliphatic heterocycles. The van der Waals surface area contributed by atoms with E-state index < -0.39 is 0 Å². The number of nitrogens with zero attached hydrogens (tertiary/aromatic N) is 1. The minimum absolute atomic E-state index is 0.0711. The van der Waals surface area contributed by atoms with Crippen LogP contribution in [0.4, 0.5) is 0 Å². The Hall–Kier alpha value is -2.93. The Labute approximate surface area is 141 Å². The molecule has 0 N–H and O–H groups in total. The summed E-state index contributed by atoms with van der Waals surface area (Å²) in [5.41, 5.74) is 3.26. The average Bonchev–Trinajstić information content (AvgIpc) is 2.65.